The van der Waals surface area contributed by atoms with Crippen LogP contribution in [0.1, 0.15) is 38.5 Å². The second-order valence-electron chi connectivity index (χ2n) is 5.62. The van der Waals surface area contributed by atoms with Gasteiger partial charge < -0.3 is 20.2 Å². The maximum Gasteiger partial charge on any atom is 0.317 e. The summed E-state index contributed by atoms with van der Waals surface area (Å²) in [5.41, 5.74) is 0. The van der Waals surface area contributed by atoms with Gasteiger partial charge in [-0.3, -0.25) is 4.79 Å². The predicted octanol–water partition coefficient (Wildman–Crippen LogP) is 1.37. The minimum absolute atomic E-state index is 0.0143. The van der Waals surface area contributed by atoms with E-state index >= 15 is 0 Å². The lowest BCUT2D eigenvalue weighted by Crippen LogP contribution is -2.48. The molecule has 2 amide bonds. The SMILES string of the molecule is CN(C)C1CCN(C(=O)NCCCCCC(=O)O)CC1. The van der Waals surface area contributed by atoms with E-state index in [0.29, 0.717) is 19.0 Å². The van der Waals surface area contributed by atoms with Crippen molar-refractivity contribution in [3.05, 3.63) is 0 Å². The van der Waals surface area contributed by atoms with E-state index in [1.165, 1.54) is 0 Å². The first-order valence-corrected chi connectivity index (χ1v) is 7.41. The molecule has 2 N–H and O–H groups in total. The third-order valence-electron chi connectivity index (χ3n) is 3.83. The molecule has 1 aliphatic heterocycles. The van der Waals surface area contributed by atoms with Gasteiger partial charge in [0.15, 0.2) is 0 Å². The van der Waals surface area contributed by atoms with Crippen molar-refractivity contribution in [2.24, 2.45) is 0 Å². The van der Waals surface area contributed by atoms with E-state index in [4.69, 9.17) is 5.11 Å². The maximum absolute atomic E-state index is 11.9. The summed E-state index contributed by atoms with van der Waals surface area (Å²) in [7, 11) is 4.16. The number of hydrogen-bond donors (Lipinski definition) is 2. The van der Waals surface area contributed by atoms with Crippen LogP contribution in [-0.2, 0) is 4.79 Å². The van der Waals surface area contributed by atoms with Crippen LogP contribution in [0.4, 0.5) is 4.79 Å². The molecule has 0 aromatic rings. The first kappa shape index (κ1) is 16.8. The van der Waals surface area contributed by atoms with Crippen molar-refractivity contribution in [2.45, 2.75) is 44.6 Å². The van der Waals surface area contributed by atoms with Gasteiger partial charge in [-0.2, -0.15) is 0 Å². The van der Waals surface area contributed by atoms with Crippen LogP contribution in [-0.4, -0.2) is 66.7 Å². The van der Waals surface area contributed by atoms with Gasteiger partial charge in [0.25, 0.3) is 0 Å². The van der Waals surface area contributed by atoms with Gasteiger partial charge in [-0.05, 0) is 39.8 Å². The largest absolute Gasteiger partial charge is 0.481 e. The number of unbranched alkanes of at least 4 members (excludes halogenated alkanes) is 2. The lowest BCUT2D eigenvalue weighted by molar-refractivity contribution is -0.137. The number of amides is 2. The molecule has 1 aliphatic rings. The molecule has 0 bridgehead atoms. The Morgan fingerprint density at radius 1 is 1.20 bits per heavy atom. The molecule has 0 spiro atoms. The fraction of sp³-hybridized carbons (Fsp3) is 0.857. The number of likely N-dealkylation sites (tertiary alicyclic amines) is 1. The van der Waals surface area contributed by atoms with Gasteiger partial charge >= 0.3 is 12.0 Å². The Morgan fingerprint density at radius 2 is 1.85 bits per heavy atom. The second kappa shape index (κ2) is 8.79. The first-order valence-electron chi connectivity index (χ1n) is 7.41. The van der Waals surface area contributed by atoms with Gasteiger partial charge in [-0.1, -0.05) is 6.42 Å². The van der Waals surface area contributed by atoms with E-state index in [9.17, 15) is 9.59 Å². The molecule has 0 aliphatic carbocycles. The molecule has 0 aromatic carbocycles. The molecule has 1 heterocycles. The van der Waals surface area contributed by atoms with Crippen molar-refractivity contribution in [2.75, 3.05) is 33.7 Å². The number of hydrogen-bond acceptors (Lipinski definition) is 3. The highest BCUT2D eigenvalue weighted by atomic mass is 16.4. The molecule has 0 unspecified atom stereocenters. The highest BCUT2D eigenvalue weighted by Gasteiger charge is 2.23. The summed E-state index contributed by atoms with van der Waals surface area (Å²) in [4.78, 5) is 26.4. The number of aliphatic carboxylic acids is 1. The zero-order valence-electron chi connectivity index (χ0n) is 12.6. The number of nitrogens with zero attached hydrogens (tertiary/aromatic N) is 2. The van der Waals surface area contributed by atoms with Crippen LogP contribution in [0.2, 0.25) is 0 Å². The maximum atomic E-state index is 11.9. The van der Waals surface area contributed by atoms with Gasteiger partial charge in [0, 0.05) is 32.1 Å². The number of carboxylic acid groups (broad SMARTS) is 1. The predicted molar refractivity (Wildman–Crippen MR) is 77.8 cm³/mol. The van der Waals surface area contributed by atoms with Gasteiger partial charge in [0.2, 0.25) is 0 Å². The summed E-state index contributed by atoms with van der Waals surface area (Å²) in [5.74, 6) is -0.752. The zero-order valence-corrected chi connectivity index (χ0v) is 12.6. The second-order valence-corrected chi connectivity index (χ2v) is 5.62. The molecule has 0 atom stereocenters. The molecule has 0 aromatic heterocycles. The third-order valence-corrected chi connectivity index (χ3v) is 3.83. The van der Waals surface area contributed by atoms with E-state index in [-0.39, 0.29) is 12.5 Å². The molecule has 20 heavy (non-hydrogen) atoms. The fourth-order valence-electron chi connectivity index (χ4n) is 2.47. The Bertz CT molecular complexity index is 313. The van der Waals surface area contributed by atoms with Crippen LogP contribution >= 0.6 is 0 Å². The minimum atomic E-state index is -0.752. The van der Waals surface area contributed by atoms with Crippen molar-refractivity contribution in [1.82, 2.24) is 15.1 Å². The monoisotopic (exact) mass is 285 g/mol. The van der Waals surface area contributed by atoms with Gasteiger partial charge in [0.1, 0.15) is 0 Å². The van der Waals surface area contributed by atoms with Crippen LogP contribution in [0, 0.1) is 0 Å². The molecular weight excluding hydrogens is 258 g/mol. The highest BCUT2D eigenvalue weighted by Crippen LogP contribution is 2.14. The molecule has 1 fully saturated rings. The van der Waals surface area contributed by atoms with Crippen molar-refractivity contribution in [3.8, 4) is 0 Å². The molecule has 116 valence electrons. The molecule has 6 nitrogen and oxygen atoms in total. The lowest BCUT2D eigenvalue weighted by atomic mass is 10.0. The summed E-state index contributed by atoms with van der Waals surface area (Å²) >= 11 is 0. The quantitative estimate of drug-likeness (QED) is 0.693. The average Bonchev–Trinajstić information content (AvgIpc) is 2.42. The number of carbonyl (C=O) groups is 2. The van der Waals surface area contributed by atoms with Gasteiger partial charge in [-0.25, -0.2) is 4.79 Å². The highest BCUT2D eigenvalue weighted by molar-refractivity contribution is 5.74. The molecule has 1 saturated heterocycles. The third kappa shape index (κ3) is 6.23. The van der Waals surface area contributed by atoms with E-state index in [0.717, 1.165) is 38.8 Å². The molecule has 0 radical (unpaired) electrons. The first-order chi connectivity index (χ1) is 9.50. The van der Waals surface area contributed by atoms with Crippen molar-refractivity contribution in [3.63, 3.8) is 0 Å². The van der Waals surface area contributed by atoms with Crippen molar-refractivity contribution in [1.29, 1.82) is 0 Å². The topological polar surface area (TPSA) is 72.9 Å². The number of carbonyl (C=O) groups excluding carboxylic acids is 1. The average molecular weight is 285 g/mol. The van der Waals surface area contributed by atoms with Crippen LogP contribution < -0.4 is 5.32 Å². The van der Waals surface area contributed by atoms with Gasteiger partial charge in [0.05, 0.1) is 0 Å². The van der Waals surface area contributed by atoms with Crippen LogP contribution in [0.3, 0.4) is 0 Å². The van der Waals surface area contributed by atoms with Crippen molar-refractivity contribution >= 4 is 12.0 Å². The Morgan fingerprint density at radius 3 is 2.40 bits per heavy atom. The Kier molecular flexibility index (Phi) is 7.36. The zero-order chi connectivity index (χ0) is 15.0. The summed E-state index contributed by atoms with van der Waals surface area (Å²) in [6.07, 6.45) is 4.63. The number of nitrogens with one attached hydrogen (secondary N) is 1. The van der Waals surface area contributed by atoms with Crippen LogP contribution in [0.15, 0.2) is 0 Å². The Balaban J connectivity index is 2.07. The minimum Gasteiger partial charge on any atom is -0.481 e. The lowest BCUT2D eigenvalue weighted by Gasteiger charge is -2.35. The summed E-state index contributed by atoms with van der Waals surface area (Å²) in [6.45, 7) is 2.26. The van der Waals surface area contributed by atoms with E-state index in [1.54, 1.807) is 0 Å². The number of rotatable bonds is 7. The standard InChI is InChI=1S/C14H27N3O3/c1-16(2)12-7-10-17(11-8-12)14(20)15-9-5-3-4-6-13(18)19/h12H,3-11H2,1-2H3,(H,15,20)(H,18,19). The Hall–Kier alpha value is -1.30. The smallest absolute Gasteiger partial charge is 0.317 e. The number of piperidine rings is 1. The van der Waals surface area contributed by atoms with E-state index in [1.807, 2.05) is 4.90 Å². The van der Waals surface area contributed by atoms with Gasteiger partial charge in [-0.15, -0.1) is 0 Å². The normalized spacial score (nSPS) is 16.4. The van der Waals surface area contributed by atoms with E-state index < -0.39 is 5.97 Å². The molecule has 1 rings (SSSR count). The molecule has 6 heteroatoms. The molecule has 0 saturated carbocycles. The van der Waals surface area contributed by atoms with Crippen molar-refractivity contribution < 1.29 is 14.7 Å². The fourth-order valence-corrected chi connectivity index (χ4v) is 2.47. The Labute approximate surface area is 121 Å². The van der Waals surface area contributed by atoms with Crippen LogP contribution in [0.25, 0.3) is 0 Å². The summed E-state index contributed by atoms with van der Waals surface area (Å²) < 4.78 is 0. The molecular formula is C14H27N3O3. The number of urea groups is 1. The van der Waals surface area contributed by atoms with Crippen LogP contribution in [0.5, 0.6) is 0 Å². The summed E-state index contributed by atoms with van der Waals surface area (Å²) in [5, 5.41) is 11.4. The summed E-state index contributed by atoms with van der Waals surface area (Å²) in [6, 6.07) is 0.593. The number of carboxylic acids is 1. The van der Waals surface area contributed by atoms with E-state index in [2.05, 4.69) is 24.3 Å².